The zero-order valence-electron chi connectivity index (χ0n) is 12.0. The third kappa shape index (κ3) is 4.55. The second kappa shape index (κ2) is 8.62. The molecule has 0 amide bonds. The Kier molecular flexibility index (Phi) is 7.13. The van der Waals surface area contributed by atoms with E-state index in [2.05, 4.69) is 35.1 Å². The van der Waals surface area contributed by atoms with E-state index in [1.165, 1.54) is 10.9 Å². The summed E-state index contributed by atoms with van der Waals surface area (Å²) in [4.78, 5) is 14.4. The van der Waals surface area contributed by atoms with Crippen LogP contribution in [0.4, 0.5) is 5.69 Å². The van der Waals surface area contributed by atoms with Crippen molar-refractivity contribution in [3.8, 4) is 12.3 Å². The highest BCUT2D eigenvalue weighted by Crippen LogP contribution is 2.14. The zero-order valence-corrected chi connectivity index (χ0v) is 12.8. The lowest BCUT2D eigenvalue weighted by Gasteiger charge is -2.18. The van der Waals surface area contributed by atoms with Gasteiger partial charge in [0.1, 0.15) is 12.2 Å². The predicted molar refractivity (Wildman–Crippen MR) is 83.2 cm³/mol. The van der Waals surface area contributed by atoms with E-state index in [1.807, 2.05) is 0 Å². The molecule has 0 aliphatic rings. The molecule has 0 bridgehead atoms. The largest absolute Gasteiger partial charge is 0.379 e. The van der Waals surface area contributed by atoms with Gasteiger partial charge in [-0.05, 0) is 26.1 Å². The summed E-state index contributed by atoms with van der Waals surface area (Å²) in [6.45, 7) is 8.14. The molecule has 1 aromatic heterocycles. The van der Waals surface area contributed by atoms with E-state index in [9.17, 15) is 4.79 Å². The molecule has 0 spiro atoms. The second-order valence-corrected chi connectivity index (χ2v) is 4.75. The lowest BCUT2D eigenvalue weighted by molar-refractivity contribution is 0.303. The van der Waals surface area contributed by atoms with Crippen molar-refractivity contribution in [2.24, 2.45) is 0 Å². The molecule has 0 atom stereocenters. The van der Waals surface area contributed by atoms with Gasteiger partial charge in [-0.2, -0.15) is 5.10 Å². The number of rotatable bonds is 8. The van der Waals surface area contributed by atoms with Crippen LogP contribution in [0.5, 0.6) is 0 Å². The molecule has 6 heteroatoms. The summed E-state index contributed by atoms with van der Waals surface area (Å²) in [7, 11) is 0. The first-order valence-corrected chi connectivity index (χ1v) is 7.17. The number of nitrogens with one attached hydrogen (secondary N) is 1. The highest BCUT2D eigenvalue weighted by atomic mass is 35.5. The van der Waals surface area contributed by atoms with E-state index in [0.717, 1.165) is 26.1 Å². The number of halogens is 1. The monoisotopic (exact) mass is 296 g/mol. The second-order valence-electron chi connectivity index (χ2n) is 4.34. The van der Waals surface area contributed by atoms with Crippen molar-refractivity contribution < 1.29 is 0 Å². The van der Waals surface area contributed by atoms with E-state index >= 15 is 0 Å². The number of hydrogen-bond donors (Lipinski definition) is 1. The molecule has 0 unspecified atom stereocenters. The summed E-state index contributed by atoms with van der Waals surface area (Å²) in [6, 6.07) is 0. The normalized spacial score (nSPS) is 10.6. The Morgan fingerprint density at radius 2 is 2.20 bits per heavy atom. The third-order valence-corrected chi connectivity index (χ3v) is 3.37. The first-order chi connectivity index (χ1) is 9.63. The molecule has 110 valence electrons. The molecule has 0 radical (unpaired) electrons. The quantitative estimate of drug-likeness (QED) is 0.586. The van der Waals surface area contributed by atoms with Gasteiger partial charge < -0.3 is 10.2 Å². The molecular formula is C14H21ClN4O. The Bertz CT molecular complexity index is 517. The maximum Gasteiger partial charge on any atom is 0.292 e. The number of aromatic nitrogens is 2. The standard InChI is InChI=1S/C14H21ClN4O/c1-4-9-19-14(20)13(12(15)11-17-19)16-8-7-10-18(5-2)6-3/h1,11,16H,5-10H2,2-3H3. The fourth-order valence-electron chi connectivity index (χ4n) is 1.88. The molecule has 1 N–H and O–H groups in total. The maximum absolute atomic E-state index is 12.1. The molecule has 0 saturated carbocycles. The van der Waals surface area contributed by atoms with Crippen molar-refractivity contribution in [2.75, 3.05) is 31.5 Å². The van der Waals surface area contributed by atoms with E-state index in [4.69, 9.17) is 18.0 Å². The van der Waals surface area contributed by atoms with Crippen LogP contribution < -0.4 is 10.9 Å². The van der Waals surface area contributed by atoms with Crippen LogP contribution in [0.15, 0.2) is 11.0 Å². The van der Waals surface area contributed by atoms with E-state index in [-0.39, 0.29) is 12.1 Å². The summed E-state index contributed by atoms with van der Waals surface area (Å²) in [5.41, 5.74) is 0.0924. The van der Waals surface area contributed by atoms with Crippen LogP contribution in [-0.4, -0.2) is 40.9 Å². The molecule has 1 aromatic rings. The molecule has 0 aliphatic carbocycles. The van der Waals surface area contributed by atoms with Gasteiger partial charge in [-0.3, -0.25) is 4.79 Å². The first-order valence-electron chi connectivity index (χ1n) is 6.79. The van der Waals surface area contributed by atoms with Gasteiger partial charge in [-0.25, -0.2) is 4.68 Å². The van der Waals surface area contributed by atoms with Crippen LogP contribution >= 0.6 is 11.6 Å². The van der Waals surface area contributed by atoms with Crippen LogP contribution in [0.2, 0.25) is 5.02 Å². The molecule has 1 heterocycles. The zero-order chi connectivity index (χ0) is 15.0. The molecule has 0 aliphatic heterocycles. The average molecular weight is 297 g/mol. The lowest BCUT2D eigenvalue weighted by Crippen LogP contribution is -2.28. The number of anilines is 1. The summed E-state index contributed by atoms with van der Waals surface area (Å²) < 4.78 is 1.22. The van der Waals surface area contributed by atoms with Gasteiger partial charge in [0, 0.05) is 6.54 Å². The Morgan fingerprint density at radius 3 is 2.80 bits per heavy atom. The van der Waals surface area contributed by atoms with Gasteiger partial charge in [0.2, 0.25) is 0 Å². The highest BCUT2D eigenvalue weighted by Gasteiger charge is 2.09. The number of terminal acetylenes is 1. The van der Waals surface area contributed by atoms with Crippen LogP contribution in [0, 0.1) is 12.3 Å². The molecule has 0 saturated heterocycles. The van der Waals surface area contributed by atoms with Gasteiger partial charge >= 0.3 is 0 Å². The summed E-state index contributed by atoms with van der Waals surface area (Å²) in [5.74, 6) is 2.39. The van der Waals surface area contributed by atoms with Crippen molar-refractivity contribution in [3.05, 3.63) is 21.6 Å². The van der Waals surface area contributed by atoms with Gasteiger partial charge in [-0.1, -0.05) is 31.4 Å². The minimum absolute atomic E-state index is 0.143. The summed E-state index contributed by atoms with van der Waals surface area (Å²) >= 11 is 6.00. The van der Waals surface area contributed by atoms with Crippen molar-refractivity contribution >= 4 is 17.3 Å². The molecule has 1 rings (SSSR count). The van der Waals surface area contributed by atoms with Crippen LogP contribution in [0.1, 0.15) is 20.3 Å². The lowest BCUT2D eigenvalue weighted by atomic mass is 10.3. The topological polar surface area (TPSA) is 50.2 Å². The van der Waals surface area contributed by atoms with Crippen molar-refractivity contribution in [1.82, 2.24) is 14.7 Å². The van der Waals surface area contributed by atoms with E-state index < -0.39 is 0 Å². The molecular weight excluding hydrogens is 276 g/mol. The number of nitrogens with zero attached hydrogens (tertiary/aromatic N) is 3. The van der Waals surface area contributed by atoms with Crippen LogP contribution in [-0.2, 0) is 6.54 Å². The van der Waals surface area contributed by atoms with Gasteiger partial charge in [0.15, 0.2) is 0 Å². The Morgan fingerprint density at radius 1 is 1.50 bits per heavy atom. The molecule has 0 fully saturated rings. The van der Waals surface area contributed by atoms with Crippen LogP contribution in [0.25, 0.3) is 0 Å². The van der Waals surface area contributed by atoms with Gasteiger partial charge in [0.25, 0.3) is 5.56 Å². The number of hydrogen-bond acceptors (Lipinski definition) is 4. The summed E-state index contributed by atoms with van der Waals surface area (Å²) in [6.07, 6.45) is 7.57. The maximum atomic E-state index is 12.1. The van der Waals surface area contributed by atoms with E-state index in [1.54, 1.807) is 0 Å². The Balaban J connectivity index is 2.62. The van der Waals surface area contributed by atoms with Gasteiger partial charge in [-0.15, -0.1) is 6.42 Å². The minimum Gasteiger partial charge on any atom is -0.379 e. The van der Waals surface area contributed by atoms with Crippen molar-refractivity contribution in [2.45, 2.75) is 26.8 Å². The Labute approximate surface area is 124 Å². The first kappa shape index (κ1) is 16.5. The van der Waals surface area contributed by atoms with E-state index in [0.29, 0.717) is 17.3 Å². The highest BCUT2D eigenvalue weighted by molar-refractivity contribution is 6.32. The minimum atomic E-state index is -0.279. The molecule has 20 heavy (non-hydrogen) atoms. The predicted octanol–water partition coefficient (Wildman–Crippen LogP) is 1.67. The fourth-order valence-corrected chi connectivity index (χ4v) is 2.07. The van der Waals surface area contributed by atoms with Gasteiger partial charge in [0.05, 0.1) is 11.2 Å². The molecule has 5 nitrogen and oxygen atoms in total. The Hall–Kier alpha value is -1.51. The summed E-state index contributed by atoms with van der Waals surface area (Å²) in [5, 5.41) is 7.30. The molecule has 0 aromatic carbocycles. The third-order valence-electron chi connectivity index (χ3n) is 3.09. The average Bonchev–Trinajstić information content (AvgIpc) is 2.45. The van der Waals surface area contributed by atoms with Crippen LogP contribution in [0.3, 0.4) is 0 Å². The van der Waals surface area contributed by atoms with Crippen molar-refractivity contribution in [3.63, 3.8) is 0 Å². The van der Waals surface area contributed by atoms with Crippen molar-refractivity contribution in [1.29, 1.82) is 0 Å². The fraction of sp³-hybridized carbons (Fsp3) is 0.571. The smallest absolute Gasteiger partial charge is 0.292 e. The SMILES string of the molecule is C#CCn1ncc(Cl)c(NCCCN(CC)CC)c1=O.